The molecular formula is C8H9F2N. The Kier molecular flexibility index (Phi) is 2.08. The second-order valence-corrected chi connectivity index (χ2v) is 2.33. The van der Waals surface area contributed by atoms with E-state index in [1.54, 1.807) is 6.92 Å². The van der Waals surface area contributed by atoms with E-state index in [1.807, 2.05) is 0 Å². The molecule has 1 rings (SSSR count). The number of rotatable bonds is 1. The molecule has 0 aromatic heterocycles. The van der Waals surface area contributed by atoms with E-state index in [0.717, 1.165) is 6.07 Å². The summed E-state index contributed by atoms with van der Waals surface area (Å²) in [6.07, 6.45) is 0.452. The molecule has 0 saturated carbocycles. The number of nitrogen functional groups attached to an aromatic ring is 1. The van der Waals surface area contributed by atoms with E-state index in [4.69, 9.17) is 5.73 Å². The third-order valence-corrected chi connectivity index (χ3v) is 1.51. The number of nitrogens with two attached hydrogens (primary N) is 1. The third-order valence-electron chi connectivity index (χ3n) is 1.51. The largest absolute Gasteiger partial charge is 0.399 e. The van der Waals surface area contributed by atoms with Gasteiger partial charge in [0.25, 0.3) is 0 Å². The summed E-state index contributed by atoms with van der Waals surface area (Å²) in [6.45, 7) is 1.75. The molecule has 0 saturated heterocycles. The summed E-state index contributed by atoms with van der Waals surface area (Å²) in [5.41, 5.74) is 5.88. The summed E-state index contributed by atoms with van der Waals surface area (Å²) in [6, 6.07) is 2.42. The number of aryl methyl sites for hydroxylation is 1. The van der Waals surface area contributed by atoms with Crippen LogP contribution in [0.4, 0.5) is 14.5 Å². The highest BCUT2D eigenvalue weighted by atomic mass is 19.2. The Labute approximate surface area is 63.8 Å². The lowest BCUT2D eigenvalue weighted by Crippen LogP contribution is -1.96. The van der Waals surface area contributed by atoms with Crippen molar-refractivity contribution in [2.45, 2.75) is 13.3 Å². The molecule has 2 N–H and O–H groups in total. The Bertz CT molecular complexity index is 271. The summed E-state index contributed by atoms with van der Waals surface area (Å²) in [4.78, 5) is 0. The first-order valence-electron chi connectivity index (χ1n) is 3.38. The lowest BCUT2D eigenvalue weighted by molar-refractivity contribution is 0.500. The van der Waals surface area contributed by atoms with Crippen molar-refractivity contribution in [1.29, 1.82) is 0 Å². The minimum Gasteiger partial charge on any atom is -0.399 e. The number of benzene rings is 1. The summed E-state index contributed by atoms with van der Waals surface area (Å²) in [5.74, 6) is -1.66. The van der Waals surface area contributed by atoms with Crippen LogP contribution >= 0.6 is 0 Å². The molecule has 60 valence electrons. The fraction of sp³-hybridized carbons (Fsp3) is 0.250. The lowest BCUT2D eigenvalue weighted by Gasteiger charge is -2.01. The minimum atomic E-state index is -0.873. The van der Waals surface area contributed by atoms with Gasteiger partial charge in [0.2, 0.25) is 0 Å². The molecule has 0 unspecified atom stereocenters. The van der Waals surface area contributed by atoms with Gasteiger partial charge in [-0.3, -0.25) is 0 Å². The molecule has 11 heavy (non-hydrogen) atoms. The molecule has 0 spiro atoms. The minimum absolute atomic E-state index is 0.265. The monoisotopic (exact) mass is 157 g/mol. The molecule has 0 aliphatic carbocycles. The van der Waals surface area contributed by atoms with Crippen LogP contribution in [0, 0.1) is 11.6 Å². The molecule has 1 aromatic rings. The standard InChI is InChI=1S/C8H9F2N/c1-2-5-3-6(11)4-7(9)8(5)10/h3-4H,2,11H2,1H3. The average Bonchev–Trinajstić information content (AvgIpc) is 1.96. The number of hydrogen-bond donors (Lipinski definition) is 1. The second kappa shape index (κ2) is 2.86. The van der Waals surface area contributed by atoms with Gasteiger partial charge in [0.05, 0.1) is 0 Å². The SMILES string of the molecule is CCc1cc(N)cc(F)c1F. The van der Waals surface area contributed by atoms with E-state index >= 15 is 0 Å². The van der Waals surface area contributed by atoms with E-state index in [1.165, 1.54) is 6.07 Å². The van der Waals surface area contributed by atoms with Crippen LogP contribution in [0.2, 0.25) is 0 Å². The maximum Gasteiger partial charge on any atom is 0.162 e. The fourth-order valence-electron chi connectivity index (χ4n) is 0.927. The zero-order valence-electron chi connectivity index (χ0n) is 6.20. The van der Waals surface area contributed by atoms with Crippen molar-refractivity contribution in [1.82, 2.24) is 0 Å². The maximum absolute atomic E-state index is 12.8. The lowest BCUT2D eigenvalue weighted by atomic mass is 10.1. The van der Waals surface area contributed by atoms with Crippen LogP contribution in [0.5, 0.6) is 0 Å². The average molecular weight is 157 g/mol. The first-order chi connectivity index (χ1) is 5.15. The van der Waals surface area contributed by atoms with Crippen molar-refractivity contribution in [3.8, 4) is 0 Å². The molecule has 0 aliphatic rings. The molecule has 0 atom stereocenters. The molecule has 0 heterocycles. The molecule has 3 heteroatoms. The quantitative estimate of drug-likeness (QED) is 0.621. The van der Waals surface area contributed by atoms with Gasteiger partial charge < -0.3 is 5.73 Å². The fourth-order valence-corrected chi connectivity index (χ4v) is 0.927. The normalized spacial score (nSPS) is 10.1. The van der Waals surface area contributed by atoms with Gasteiger partial charge in [-0.25, -0.2) is 8.78 Å². The molecule has 0 bridgehead atoms. The summed E-state index contributed by atoms with van der Waals surface area (Å²) in [5, 5.41) is 0. The van der Waals surface area contributed by atoms with Gasteiger partial charge in [-0.2, -0.15) is 0 Å². The first kappa shape index (κ1) is 7.98. The van der Waals surface area contributed by atoms with Gasteiger partial charge in [-0.15, -0.1) is 0 Å². The molecule has 1 aromatic carbocycles. The molecular weight excluding hydrogens is 148 g/mol. The van der Waals surface area contributed by atoms with Crippen molar-refractivity contribution >= 4 is 5.69 Å². The Morgan fingerprint density at radius 2 is 2.00 bits per heavy atom. The van der Waals surface area contributed by atoms with Crippen molar-refractivity contribution in [3.63, 3.8) is 0 Å². The molecule has 0 amide bonds. The number of anilines is 1. The Hall–Kier alpha value is -1.12. The van der Waals surface area contributed by atoms with Crippen LogP contribution in [0.25, 0.3) is 0 Å². The summed E-state index contributed by atoms with van der Waals surface area (Å²) < 4.78 is 25.3. The predicted octanol–water partition coefficient (Wildman–Crippen LogP) is 2.11. The van der Waals surface area contributed by atoms with Crippen molar-refractivity contribution < 1.29 is 8.78 Å². The van der Waals surface area contributed by atoms with Crippen LogP contribution < -0.4 is 5.73 Å². The summed E-state index contributed by atoms with van der Waals surface area (Å²) >= 11 is 0. The Balaban J connectivity index is 3.24. The highest BCUT2D eigenvalue weighted by Crippen LogP contribution is 2.16. The third kappa shape index (κ3) is 1.48. The maximum atomic E-state index is 12.8. The predicted molar refractivity (Wildman–Crippen MR) is 40.1 cm³/mol. The van der Waals surface area contributed by atoms with Crippen LogP contribution in [0.1, 0.15) is 12.5 Å². The van der Waals surface area contributed by atoms with Crippen LogP contribution in [0.3, 0.4) is 0 Å². The Morgan fingerprint density at radius 1 is 1.36 bits per heavy atom. The number of hydrogen-bond acceptors (Lipinski definition) is 1. The zero-order valence-corrected chi connectivity index (χ0v) is 6.20. The van der Waals surface area contributed by atoms with E-state index in [-0.39, 0.29) is 5.69 Å². The van der Waals surface area contributed by atoms with Gasteiger partial charge in [0.15, 0.2) is 11.6 Å². The van der Waals surface area contributed by atoms with Crippen molar-refractivity contribution in [3.05, 3.63) is 29.3 Å². The van der Waals surface area contributed by atoms with Crippen LogP contribution in [-0.2, 0) is 6.42 Å². The molecule has 0 fully saturated rings. The van der Waals surface area contributed by atoms with Gasteiger partial charge >= 0.3 is 0 Å². The van der Waals surface area contributed by atoms with Crippen LogP contribution in [0.15, 0.2) is 12.1 Å². The van der Waals surface area contributed by atoms with Gasteiger partial charge in [0.1, 0.15) is 0 Å². The van der Waals surface area contributed by atoms with E-state index in [2.05, 4.69) is 0 Å². The molecule has 1 nitrogen and oxygen atoms in total. The summed E-state index contributed by atoms with van der Waals surface area (Å²) in [7, 11) is 0. The van der Waals surface area contributed by atoms with Crippen molar-refractivity contribution in [2.24, 2.45) is 0 Å². The second-order valence-electron chi connectivity index (χ2n) is 2.33. The highest BCUT2D eigenvalue weighted by Gasteiger charge is 2.06. The van der Waals surface area contributed by atoms with E-state index < -0.39 is 11.6 Å². The van der Waals surface area contributed by atoms with Gasteiger partial charge in [-0.1, -0.05) is 6.92 Å². The number of halogens is 2. The topological polar surface area (TPSA) is 26.0 Å². The molecule has 0 aliphatic heterocycles. The van der Waals surface area contributed by atoms with Crippen molar-refractivity contribution in [2.75, 3.05) is 5.73 Å². The smallest absolute Gasteiger partial charge is 0.162 e. The molecule has 0 radical (unpaired) electrons. The Morgan fingerprint density at radius 3 is 2.55 bits per heavy atom. The first-order valence-corrected chi connectivity index (χ1v) is 3.38. The zero-order chi connectivity index (χ0) is 8.43. The van der Waals surface area contributed by atoms with Crippen LogP contribution in [-0.4, -0.2) is 0 Å². The van der Waals surface area contributed by atoms with Gasteiger partial charge in [0, 0.05) is 5.69 Å². The van der Waals surface area contributed by atoms with Gasteiger partial charge in [-0.05, 0) is 24.1 Å². The van der Waals surface area contributed by atoms with E-state index in [0.29, 0.717) is 12.0 Å². The van der Waals surface area contributed by atoms with E-state index in [9.17, 15) is 8.78 Å². The highest BCUT2D eigenvalue weighted by molar-refractivity contribution is 5.42.